The topological polar surface area (TPSA) is 78.9 Å². The van der Waals surface area contributed by atoms with Gasteiger partial charge in [-0.15, -0.1) is 0 Å². The van der Waals surface area contributed by atoms with Crippen LogP contribution in [0.2, 0.25) is 0 Å². The third-order valence-electron chi connectivity index (χ3n) is 16.4. The molecule has 0 bridgehead atoms. The van der Waals surface area contributed by atoms with E-state index in [1.807, 2.05) is 0 Å². The van der Waals surface area contributed by atoms with Gasteiger partial charge in [-0.05, 0) is 37.0 Å². The van der Waals surface area contributed by atoms with Crippen molar-refractivity contribution >= 4 is 17.9 Å². The van der Waals surface area contributed by atoms with Crippen LogP contribution < -0.4 is 0 Å². The van der Waals surface area contributed by atoms with Crippen LogP contribution in [0, 0.1) is 17.8 Å². The molecule has 0 fully saturated rings. The van der Waals surface area contributed by atoms with Crippen LogP contribution in [-0.2, 0) is 28.6 Å². The highest BCUT2D eigenvalue weighted by atomic mass is 16.6. The standard InChI is InChI=1S/C68H132O6/c1-7-63(5)55-49-43-37-31-25-21-17-13-9-11-15-19-23-27-33-39-45-51-57-66(69)72-60-65(61-73-67(70)58-52-46-40-35-29-30-36-42-48-54-62(3)4)74-68(71)59-53-47-41-34-28-24-20-16-12-10-14-18-22-26-32-38-44-50-56-64(6)8-2/h62-65H,7-61H2,1-6H3/t63?,64?,65-/m1/s1. The molecule has 0 aliphatic rings. The molecular formula is C68H132O6. The van der Waals surface area contributed by atoms with Gasteiger partial charge in [0.1, 0.15) is 13.2 Å². The number of carbonyl (C=O) groups excluding carboxylic acids is 3. The Hall–Kier alpha value is -1.59. The highest BCUT2D eigenvalue weighted by molar-refractivity contribution is 5.71. The van der Waals surface area contributed by atoms with Gasteiger partial charge in [-0.25, -0.2) is 0 Å². The molecule has 0 aromatic rings. The quantitative estimate of drug-likeness (QED) is 0.0343. The maximum Gasteiger partial charge on any atom is 0.306 e. The summed E-state index contributed by atoms with van der Waals surface area (Å²) in [6.45, 7) is 13.9. The van der Waals surface area contributed by atoms with Gasteiger partial charge in [-0.3, -0.25) is 14.4 Å². The Labute approximate surface area is 463 Å². The summed E-state index contributed by atoms with van der Waals surface area (Å²) in [7, 11) is 0. The van der Waals surface area contributed by atoms with Gasteiger partial charge in [-0.1, -0.05) is 343 Å². The Morgan fingerprint density at radius 2 is 0.473 bits per heavy atom. The second kappa shape index (κ2) is 59.1. The van der Waals surface area contributed by atoms with Crippen LogP contribution in [0.5, 0.6) is 0 Å². The third kappa shape index (κ3) is 58.1. The summed E-state index contributed by atoms with van der Waals surface area (Å²) in [5.74, 6) is 1.79. The van der Waals surface area contributed by atoms with Gasteiger partial charge in [0.25, 0.3) is 0 Å². The SMILES string of the molecule is CCC(C)CCCCCCCCCCCCCCCCCCCCC(=O)OC[C@H](COC(=O)CCCCCCCCCCCC(C)C)OC(=O)CCCCCCCCCCCCCCCCCCCCC(C)CC. The second-order valence-electron chi connectivity index (χ2n) is 24.4. The van der Waals surface area contributed by atoms with Gasteiger partial charge in [0, 0.05) is 19.3 Å². The van der Waals surface area contributed by atoms with Crippen LogP contribution in [0.3, 0.4) is 0 Å². The fourth-order valence-corrected chi connectivity index (χ4v) is 10.5. The number of carbonyl (C=O) groups is 3. The predicted molar refractivity (Wildman–Crippen MR) is 321 cm³/mol. The van der Waals surface area contributed by atoms with Gasteiger partial charge in [0.15, 0.2) is 6.10 Å². The van der Waals surface area contributed by atoms with Crippen molar-refractivity contribution in [2.75, 3.05) is 13.2 Å². The normalized spacial score (nSPS) is 12.9. The number of hydrogen-bond donors (Lipinski definition) is 0. The first-order chi connectivity index (χ1) is 36.2. The predicted octanol–water partition coefficient (Wildman–Crippen LogP) is 22.6. The largest absolute Gasteiger partial charge is 0.462 e. The van der Waals surface area contributed by atoms with E-state index in [0.717, 1.165) is 75.5 Å². The minimum atomic E-state index is -0.765. The molecule has 0 aliphatic carbocycles. The maximum atomic E-state index is 12.9. The minimum Gasteiger partial charge on any atom is -0.462 e. The lowest BCUT2D eigenvalue weighted by Gasteiger charge is -2.18. The Bertz CT molecular complexity index is 1150. The molecule has 0 rings (SSSR count). The van der Waals surface area contributed by atoms with Crippen LogP contribution in [0.4, 0.5) is 0 Å². The molecule has 0 heterocycles. The molecular weight excluding hydrogens is 913 g/mol. The summed E-state index contributed by atoms with van der Waals surface area (Å²) in [4.78, 5) is 38.3. The molecule has 2 unspecified atom stereocenters. The maximum absolute atomic E-state index is 12.9. The number of hydrogen-bond acceptors (Lipinski definition) is 6. The molecule has 74 heavy (non-hydrogen) atoms. The molecule has 6 heteroatoms. The summed E-state index contributed by atoms with van der Waals surface area (Å²) in [5.41, 5.74) is 0. The molecule has 3 atom stereocenters. The number of unbranched alkanes of at least 4 members (excludes halogenated alkanes) is 42. The first-order valence-electron chi connectivity index (χ1n) is 33.7. The van der Waals surface area contributed by atoms with Gasteiger partial charge < -0.3 is 14.2 Å². The number of ether oxygens (including phenoxy) is 3. The molecule has 440 valence electrons. The fraction of sp³-hybridized carbons (Fsp3) is 0.956. The van der Waals surface area contributed by atoms with Gasteiger partial charge >= 0.3 is 17.9 Å². The van der Waals surface area contributed by atoms with Crippen LogP contribution in [0.15, 0.2) is 0 Å². The van der Waals surface area contributed by atoms with E-state index in [2.05, 4.69) is 41.5 Å². The monoisotopic (exact) mass is 1050 g/mol. The summed E-state index contributed by atoms with van der Waals surface area (Å²) in [5, 5.41) is 0. The van der Waals surface area contributed by atoms with Crippen molar-refractivity contribution in [3.8, 4) is 0 Å². The van der Waals surface area contributed by atoms with Crippen molar-refractivity contribution in [1.82, 2.24) is 0 Å². The summed E-state index contributed by atoms with van der Waals surface area (Å²) < 4.78 is 17.0. The molecule has 0 saturated carbocycles. The molecule has 0 amide bonds. The number of rotatable bonds is 61. The molecule has 0 spiro atoms. The number of esters is 3. The minimum absolute atomic E-state index is 0.0626. The average molecular weight is 1050 g/mol. The van der Waals surface area contributed by atoms with Gasteiger partial charge in [0.05, 0.1) is 0 Å². The molecule has 0 radical (unpaired) electrons. The Kier molecular flexibility index (Phi) is 57.8. The zero-order valence-electron chi connectivity index (χ0n) is 51.1. The summed E-state index contributed by atoms with van der Waals surface area (Å²) in [6.07, 6.45) is 65.4. The van der Waals surface area contributed by atoms with E-state index in [4.69, 9.17) is 14.2 Å². The summed E-state index contributed by atoms with van der Waals surface area (Å²) in [6, 6.07) is 0. The Morgan fingerprint density at radius 3 is 0.703 bits per heavy atom. The van der Waals surface area contributed by atoms with Crippen molar-refractivity contribution in [1.29, 1.82) is 0 Å². The van der Waals surface area contributed by atoms with Crippen LogP contribution in [0.1, 0.15) is 382 Å². The highest BCUT2D eigenvalue weighted by Gasteiger charge is 2.20. The van der Waals surface area contributed by atoms with Crippen molar-refractivity contribution in [2.24, 2.45) is 17.8 Å². The Morgan fingerprint density at radius 1 is 0.270 bits per heavy atom. The molecule has 0 aromatic heterocycles. The molecule has 0 N–H and O–H groups in total. The lowest BCUT2D eigenvalue weighted by Crippen LogP contribution is -2.30. The average Bonchev–Trinajstić information content (AvgIpc) is 3.39. The highest BCUT2D eigenvalue weighted by Crippen LogP contribution is 2.20. The van der Waals surface area contributed by atoms with Crippen molar-refractivity contribution in [2.45, 2.75) is 388 Å². The van der Waals surface area contributed by atoms with E-state index < -0.39 is 6.10 Å². The van der Waals surface area contributed by atoms with Gasteiger partial charge in [-0.2, -0.15) is 0 Å². The third-order valence-corrected chi connectivity index (χ3v) is 16.4. The second-order valence-corrected chi connectivity index (χ2v) is 24.4. The van der Waals surface area contributed by atoms with Gasteiger partial charge in [0.2, 0.25) is 0 Å². The lowest BCUT2D eigenvalue weighted by atomic mass is 9.99. The van der Waals surface area contributed by atoms with E-state index in [-0.39, 0.29) is 31.1 Å². The zero-order chi connectivity index (χ0) is 54.1. The first kappa shape index (κ1) is 72.4. The smallest absolute Gasteiger partial charge is 0.306 e. The molecule has 0 saturated heterocycles. The van der Waals surface area contributed by atoms with Crippen molar-refractivity contribution in [3.05, 3.63) is 0 Å². The molecule has 6 nitrogen and oxygen atoms in total. The zero-order valence-corrected chi connectivity index (χ0v) is 51.1. The van der Waals surface area contributed by atoms with E-state index in [1.54, 1.807) is 0 Å². The van der Waals surface area contributed by atoms with Crippen LogP contribution >= 0.6 is 0 Å². The van der Waals surface area contributed by atoms with Crippen LogP contribution in [0.25, 0.3) is 0 Å². The molecule has 0 aliphatic heterocycles. The van der Waals surface area contributed by atoms with E-state index in [1.165, 1.54) is 263 Å². The van der Waals surface area contributed by atoms with Crippen molar-refractivity contribution < 1.29 is 28.6 Å². The van der Waals surface area contributed by atoms with E-state index in [0.29, 0.717) is 19.3 Å². The van der Waals surface area contributed by atoms with E-state index in [9.17, 15) is 14.4 Å². The molecule has 0 aromatic carbocycles. The van der Waals surface area contributed by atoms with E-state index >= 15 is 0 Å². The lowest BCUT2D eigenvalue weighted by molar-refractivity contribution is -0.167. The van der Waals surface area contributed by atoms with Crippen LogP contribution in [-0.4, -0.2) is 37.2 Å². The summed E-state index contributed by atoms with van der Waals surface area (Å²) >= 11 is 0. The van der Waals surface area contributed by atoms with Crippen molar-refractivity contribution in [3.63, 3.8) is 0 Å². The first-order valence-corrected chi connectivity index (χ1v) is 33.7. The Balaban J connectivity index is 4.22. The fourth-order valence-electron chi connectivity index (χ4n) is 10.5.